The van der Waals surface area contributed by atoms with Crippen LogP contribution in [0.3, 0.4) is 0 Å². The molecule has 1 heterocycles. The highest BCUT2D eigenvalue weighted by molar-refractivity contribution is 7.09. The molecular formula is C16H21FN2S. The first kappa shape index (κ1) is 15.2. The van der Waals surface area contributed by atoms with Gasteiger partial charge >= 0.3 is 0 Å². The number of benzene rings is 1. The fourth-order valence-corrected chi connectivity index (χ4v) is 2.92. The van der Waals surface area contributed by atoms with Crippen molar-refractivity contribution in [3.8, 4) is 0 Å². The maximum absolute atomic E-state index is 12.9. The van der Waals surface area contributed by atoms with E-state index in [1.165, 1.54) is 17.0 Å². The van der Waals surface area contributed by atoms with Gasteiger partial charge in [-0.05, 0) is 42.1 Å². The van der Waals surface area contributed by atoms with Crippen LogP contribution < -0.4 is 5.73 Å². The number of hydrogen-bond donors (Lipinski definition) is 1. The van der Waals surface area contributed by atoms with Gasteiger partial charge in [0.2, 0.25) is 0 Å². The van der Waals surface area contributed by atoms with Gasteiger partial charge in [-0.15, -0.1) is 11.3 Å². The van der Waals surface area contributed by atoms with Crippen LogP contribution in [0.2, 0.25) is 0 Å². The molecule has 0 aliphatic heterocycles. The van der Waals surface area contributed by atoms with Crippen LogP contribution in [-0.2, 0) is 6.54 Å². The first-order valence-corrected chi connectivity index (χ1v) is 7.82. The lowest BCUT2D eigenvalue weighted by Crippen LogP contribution is -2.26. The number of nitrogens with zero attached hydrogens (tertiary/aromatic N) is 1. The van der Waals surface area contributed by atoms with E-state index in [1.807, 2.05) is 0 Å². The molecule has 2 nitrogen and oxygen atoms in total. The molecule has 108 valence electrons. The normalized spacial score (nSPS) is 12.8. The van der Waals surface area contributed by atoms with Crippen molar-refractivity contribution in [2.24, 2.45) is 5.73 Å². The Morgan fingerprint density at radius 2 is 2.00 bits per heavy atom. The molecule has 0 spiro atoms. The Morgan fingerprint density at radius 1 is 1.25 bits per heavy atom. The molecule has 1 unspecified atom stereocenters. The zero-order chi connectivity index (χ0) is 14.4. The molecule has 0 amide bonds. The zero-order valence-corrected chi connectivity index (χ0v) is 12.6. The van der Waals surface area contributed by atoms with Crippen LogP contribution in [0.5, 0.6) is 0 Å². The Labute approximate surface area is 124 Å². The summed E-state index contributed by atoms with van der Waals surface area (Å²) in [5, 5.41) is 2.10. The van der Waals surface area contributed by atoms with E-state index in [0.29, 0.717) is 0 Å². The summed E-state index contributed by atoms with van der Waals surface area (Å²) in [6.45, 7) is 5.10. The minimum Gasteiger partial charge on any atom is -0.324 e. The highest BCUT2D eigenvalue weighted by Gasteiger charge is 2.10. The second kappa shape index (κ2) is 7.53. The summed E-state index contributed by atoms with van der Waals surface area (Å²) in [6, 6.07) is 10.7. The molecule has 1 atom stereocenters. The van der Waals surface area contributed by atoms with Gasteiger partial charge in [-0.2, -0.15) is 0 Å². The number of nitrogens with two attached hydrogens (primary N) is 1. The molecule has 0 aliphatic rings. The standard InChI is InChI=1S/C16H21FN2S/c1-2-19(12-15-4-3-11-20-15)10-9-16(18)13-5-7-14(17)8-6-13/h3-8,11,16H,2,9-10,12,18H2,1H3. The van der Waals surface area contributed by atoms with Gasteiger partial charge in [0, 0.05) is 24.0 Å². The second-order valence-corrected chi connectivity index (χ2v) is 5.93. The fourth-order valence-electron chi connectivity index (χ4n) is 2.17. The molecule has 0 saturated carbocycles. The molecule has 0 saturated heterocycles. The van der Waals surface area contributed by atoms with Gasteiger partial charge in [0.25, 0.3) is 0 Å². The summed E-state index contributed by atoms with van der Waals surface area (Å²) in [7, 11) is 0. The van der Waals surface area contributed by atoms with E-state index in [4.69, 9.17) is 5.73 Å². The predicted molar refractivity (Wildman–Crippen MR) is 83.2 cm³/mol. The molecule has 0 radical (unpaired) electrons. The van der Waals surface area contributed by atoms with Crippen molar-refractivity contribution in [3.63, 3.8) is 0 Å². The van der Waals surface area contributed by atoms with E-state index in [1.54, 1.807) is 23.5 Å². The average molecular weight is 292 g/mol. The average Bonchev–Trinajstić information content (AvgIpc) is 2.96. The Hall–Kier alpha value is -1.23. The van der Waals surface area contributed by atoms with Crippen molar-refractivity contribution in [1.82, 2.24) is 4.90 Å². The predicted octanol–water partition coefficient (Wildman–Crippen LogP) is 3.80. The van der Waals surface area contributed by atoms with Crippen LogP contribution in [0, 0.1) is 5.82 Å². The van der Waals surface area contributed by atoms with Crippen molar-refractivity contribution in [2.45, 2.75) is 25.9 Å². The highest BCUT2D eigenvalue weighted by atomic mass is 32.1. The summed E-state index contributed by atoms with van der Waals surface area (Å²) >= 11 is 1.78. The van der Waals surface area contributed by atoms with Gasteiger partial charge in [0.15, 0.2) is 0 Å². The summed E-state index contributed by atoms with van der Waals surface area (Å²) in [4.78, 5) is 3.76. The number of hydrogen-bond acceptors (Lipinski definition) is 3. The van der Waals surface area contributed by atoms with Crippen LogP contribution in [0.25, 0.3) is 0 Å². The van der Waals surface area contributed by atoms with Gasteiger partial charge in [-0.3, -0.25) is 4.90 Å². The lowest BCUT2D eigenvalue weighted by atomic mass is 10.0. The van der Waals surface area contributed by atoms with E-state index >= 15 is 0 Å². The van der Waals surface area contributed by atoms with E-state index in [9.17, 15) is 4.39 Å². The second-order valence-electron chi connectivity index (χ2n) is 4.89. The number of halogens is 1. The summed E-state index contributed by atoms with van der Waals surface area (Å²) in [6.07, 6.45) is 0.880. The van der Waals surface area contributed by atoms with Crippen LogP contribution in [0.1, 0.15) is 29.8 Å². The first-order chi connectivity index (χ1) is 9.69. The smallest absolute Gasteiger partial charge is 0.123 e. The first-order valence-electron chi connectivity index (χ1n) is 6.95. The SMILES string of the molecule is CCN(CCC(N)c1ccc(F)cc1)Cc1cccs1. The highest BCUT2D eigenvalue weighted by Crippen LogP contribution is 2.17. The third-order valence-electron chi connectivity index (χ3n) is 3.46. The third kappa shape index (κ3) is 4.40. The molecule has 0 aliphatic carbocycles. The van der Waals surface area contributed by atoms with Crippen molar-refractivity contribution < 1.29 is 4.39 Å². The zero-order valence-electron chi connectivity index (χ0n) is 11.8. The Morgan fingerprint density at radius 3 is 2.60 bits per heavy atom. The van der Waals surface area contributed by atoms with E-state index in [0.717, 1.165) is 31.6 Å². The van der Waals surface area contributed by atoms with E-state index in [-0.39, 0.29) is 11.9 Å². The quantitative estimate of drug-likeness (QED) is 0.841. The van der Waals surface area contributed by atoms with Crippen LogP contribution in [-0.4, -0.2) is 18.0 Å². The van der Waals surface area contributed by atoms with Crippen molar-refractivity contribution in [3.05, 3.63) is 58.0 Å². The molecule has 20 heavy (non-hydrogen) atoms. The Bertz CT molecular complexity index is 496. The van der Waals surface area contributed by atoms with Crippen molar-refractivity contribution in [1.29, 1.82) is 0 Å². The molecule has 1 aromatic heterocycles. The minimum absolute atomic E-state index is 0.0343. The van der Waals surface area contributed by atoms with Gasteiger partial charge in [-0.25, -0.2) is 4.39 Å². The van der Waals surface area contributed by atoms with E-state index in [2.05, 4.69) is 29.3 Å². The molecule has 0 fully saturated rings. The molecule has 0 bridgehead atoms. The molecule has 2 rings (SSSR count). The number of rotatable bonds is 7. The molecule has 2 N–H and O–H groups in total. The topological polar surface area (TPSA) is 29.3 Å². The molecule has 4 heteroatoms. The Balaban J connectivity index is 1.84. The van der Waals surface area contributed by atoms with Gasteiger partial charge in [0.05, 0.1) is 0 Å². The monoisotopic (exact) mass is 292 g/mol. The van der Waals surface area contributed by atoms with Gasteiger partial charge < -0.3 is 5.73 Å². The summed E-state index contributed by atoms with van der Waals surface area (Å²) < 4.78 is 12.9. The van der Waals surface area contributed by atoms with Crippen molar-refractivity contribution >= 4 is 11.3 Å². The van der Waals surface area contributed by atoms with Crippen LogP contribution in [0.4, 0.5) is 4.39 Å². The molecule has 1 aromatic carbocycles. The molecule has 2 aromatic rings. The van der Waals surface area contributed by atoms with Gasteiger partial charge in [-0.1, -0.05) is 25.1 Å². The third-order valence-corrected chi connectivity index (χ3v) is 4.32. The lowest BCUT2D eigenvalue weighted by molar-refractivity contribution is 0.270. The van der Waals surface area contributed by atoms with Gasteiger partial charge in [0.1, 0.15) is 5.82 Å². The maximum atomic E-state index is 12.9. The fraction of sp³-hybridized carbons (Fsp3) is 0.375. The Kier molecular flexibility index (Phi) is 5.71. The largest absolute Gasteiger partial charge is 0.324 e. The maximum Gasteiger partial charge on any atom is 0.123 e. The number of thiophene rings is 1. The summed E-state index contributed by atoms with van der Waals surface area (Å²) in [5.41, 5.74) is 7.17. The minimum atomic E-state index is -0.214. The van der Waals surface area contributed by atoms with Crippen molar-refractivity contribution in [2.75, 3.05) is 13.1 Å². The van der Waals surface area contributed by atoms with E-state index < -0.39 is 0 Å². The lowest BCUT2D eigenvalue weighted by Gasteiger charge is -2.22. The van der Waals surface area contributed by atoms with Crippen LogP contribution >= 0.6 is 11.3 Å². The molecular weight excluding hydrogens is 271 g/mol. The summed E-state index contributed by atoms with van der Waals surface area (Å²) in [5.74, 6) is -0.214. The van der Waals surface area contributed by atoms with Crippen LogP contribution in [0.15, 0.2) is 41.8 Å².